The number of benzene rings is 1. The van der Waals surface area contributed by atoms with Crippen molar-refractivity contribution in [3.05, 3.63) is 36.0 Å². The molecule has 5 nitrogen and oxygen atoms in total. The molecule has 3 rings (SSSR count). The van der Waals surface area contributed by atoms with E-state index < -0.39 is 15.8 Å². The summed E-state index contributed by atoms with van der Waals surface area (Å²) < 4.78 is 22.8. The molecule has 2 N–H and O–H groups in total. The zero-order valence-electron chi connectivity index (χ0n) is 10.9. The average molecular weight is 292 g/mol. The lowest BCUT2D eigenvalue weighted by atomic mass is 10.1. The highest BCUT2D eigenvalue weighted by Crippen LogP contribution is 2.20. The van der Waals surface area contributed by atoms with Gasteiger partial charge in [0.15, 0.2) is 9.84 Å². The summed E-state index contributed by atoms with van der Waals surface area (Å²) in [5, 5.41) is 3.92. The molecule has 0 saturated carbocycles. The molecule has 1 saturated heterocycles. The number of H-pyrrole nitrogens is 1. The van der Waals surface area contributed by atoms with Crippen LogP contribution in [-0.4, -0.2) is 30.8 Å². The summed E-state index contributed by atoms with van der Waals surface area (Å²) in [4.78, 5) is 15.1. The fourth-order valence-electron chi connectivity index (χ4n) is 2.63. The summed E-state index contributed by atoms with van der Waals surface area (Å²) in [5.41, 5.74) is 2.05. The Kier molecular flexibility index (Phi) is 3.25. The number of nitrogens with one attached hydrogen (secondary N) is 2. The van der Waals surface area contributed by atoms with Gasteiger partial charge < -0.3 is 10.3 Å². The van der Waals surface area contributed by atoms with Crippen molar-refractivity contribution in [1.82, 2.24) is 10.3 Å². The van der Waals surface area contributed by atoms with Crippen LogP contribution in [-0.2, 0) is 21.2 Å². The highest BCUT2D eigenvalue weighted by molar-refractivity contribution is 7.91. The Morgan fingerprint density at radius 3 is 2.95 bits per heavy atom. The summed E-state index contributed by atoms with van der Waals surface area (Å²) in [6, 6.07) is 7.84. The number of aromatic amines is 1. The van der Waals surface area contributed by atoms with Gasteiger partial charge >= 0.3 is 0 Å². The van der Waals surface area contributed by atoms with Crippen LogP contribution < -0.4 is 5.32 Å². The third-order valence-corrected chi connectivity index (χ3v) is 5.51. The van der Waals surface area contributed by atoms with Crippen molar-refractivity contribution in [1.29, 1.82) is 0 Å². The Balaban J connectivity index is 1.68. The Labute approximate surface area is 117 Å². The highest BCUT2D eigenvalue weighted by Gasteiger charge is 2.32. The van der Waals surface area contributed by atoms with Crippen LogP contribution in [0.1, 0.15) is 12.0 Å². The third kappa shape index (κ3) is 2.56. The molecule has 0 aliphatic carbocycles. The summed E-state index contributed by atoms with van der Waals surface area (Å²) in [7, 11) is -3.01. The predicted octanol–water partition coefficient (Wildman–Crippen LogP) is 1.22. The van der Waals surface area contributed by atoms with Crippen molar-refractivity contribution >= 4 is 26.6 Å². The molecule has 0 spiro atoms. The molecule has 1 fully saturated rings. The van der Waals surface area contributed by atoms with Gasteiger partial charge in [-0.3, -0.25) is 4.79 Å². The van der Waals surface area contributed by atoms with Crippen molar-refractivity contribution in [2.45, 2.75) is 13.0 Å². The van der Waals surface area contributed by atoms with Crippen molar-refractivity contribution in [2.75, 3.05) is 11.5 Å². The lowest BCUT2D eigenvalue weighted by Crippen LogP contribution is -2.30. The number of carbonyl (C=O) groups excluding carboxylic acids is 1. The molecule has 0 bridgehead atoms. The average Bonchev–Trinajstić information content (AvgIpc) is 3.02. The molecule has 1 aromatic heterocycles. The van der Waals surface area contributed by atoms with E-state index in [4.69, 9.17) is 0 Å². The van der Waals surface area contributed by atoms with Crippen LogP contribution in [0.25, 0.3) is 10.9 Å². The van der Waals surface area contributed by atoms with E-state index in [2.05, 4.69) is 10.3 Å². The summed E-state index contributed by atoms with van der Waals surface area (Å²) >= 11 is 0. The number of amides is 1. The van der Waals surface area contributed by atoms with Gasteiger partial charge in [0.1, 0.15) is 0 Å². The molecule has 2 aromatic rings. The number of fused-ring (bicyclic) bond motifs is 1. The topological polar surface area (TPSA) is 79.0 Å². The SMILES string of the molecule is O=C(NCc1cccc2[nH]ccc12)[C@H]1CCS(=O)(=O)C1. The molecule has 1 aliphatic rings. The molecule has 1 aliphatic heterocycles. The zero-order valence-corrected chi connectivity index (χ0v) is 11.7. The molecular formula is C14H16N2O3S. The van der Waals surface area contributed by atoms with E-state index >= 15 is 0 Å². The number of aromatic nitrogens is 1. The van der Waals surface area contributed by atoms with Crippen LogP contribution in [0.4, 0.5) is 0 Å². The van der Waals surface area contributed by atoms with Gasteiger partial charge in [-0.1, -0.05) is 12.1 Å². The Bertz CT molecular complexity index is 749. The molecule has 1 atom stereocenters. The van der Waals surface area contributed by atoms with E-state index in [1.54, 1.807) is 0 Å². The third-order valence-electron chi connectivity index (χ3n) is 3.74. The maximum atomic E-state index is 12.0. The number of hydrogen-bond acceptors (Lipinski definition) is 3. The van der Waals surface area contributed by atoms with Crippen LogP contribution in [0.5, 0.6) is 0 Å². The van der Waals surface area contributed by atoms with Gasteiger partial charge in [0.05, 0.1) is 17.4 Å². The predicted molar refractivity (Wildman–Crippen MR) is 76.9 cm³/mol. The number of sulfone groups is 1. The normalized spacial score (nSPS) is 21.1. The molecule has 106 valence electrons. The molecule has 1 aromatic carbocycles. The fourth-order valence-corrected chi connectivity index (χ4v) is 4.37. The van der Waals surface area contributed by atoms with Gasteiger partial charge in [-0.25, -0.2) is 8.42 Å². The van der Waals surface area contributed by atoms with Crippen molar-refractivity contribution in [3.63, 3.8) is 0 Å². The number of carbonyl (C=O) groups is 1. The van der Waals surface area contributed by atoms with Gasteiger partial charge in [-0.05, 0) is 24.1 Å². The minimum Gasteiger partial charge on any atom is -0.361 e. The molecule has 0 unspecified atom stereocenters. The van der Waals surface area contributed by atoms with Gasteiger partial charge in [0.25, 0.3) is 0 Å². The second kappa shape index (κ2) is 4.94. The summed E-state index contributed by atoms with van der Waals surface area (Å²) in [6.07, 6.45) is 2.29. The van der Waals surface area contributed by atoms with Gasteiger partial charge in [0.2, 0.25) is 5.91 Å². The maximum Gasteiger partial charge on any atom is 0.224 e. The molecule has 6 heteroatoms. The lowest BCUT2D eigenvalue weighted by molar-refractivity contribution is -0.124. The summed E-state index contributed by atoms with van der Waals surface area (Å²) in [6.45, 7) is 0.421. The van der Waals surface area contributed by atoms with Gasteiger partial charge in [-0.15, -0.1) is 0 Å². The first kappa shape index (κ1) is 13.2. The first-order valence-corrected chi connectivity index (χ1v) is 8.40. The van der Waals surface area contributed by atoms with Gasteiger partial charge in [-0.2, -0.15) is 0 Å². The Hall–Kier alpha value is -1.82. The van der Waals surface area contributed by atoms with E-state index in [9.17, 15) is 13.2 Å². The largest absolute Gasteiger partial charge is 0.361 e. The van der Waals surface area contributed by atoms with E-state index in [0.29, 0.717) is 13.0 Å². The Morgan fingerprint density at radius 1 is 1.35 bits per heavy atom. The van der Waals surface area contributed by atoms with E-state index in [0.717, 1.165) is 16.5 Å². The monoisotopic (exact) mass is 292 g/mol. The van der Waals surface area contributed by atoms with E-state index in [1.165, 1.54) is 0 Å². The van der Waals surface area contributed by atoms with Crippen LogP contribution in [0, 0.1) is 5.92 Å². The minimum atomic E-state index is -3.01. The molecule has 0 radical (unpaired) electrons. The standard InChI is InChI=1S/C14H16N2O3S/c17-14(11-5-7-20(18,19)9-11)16-8-10-2-1-3-13-12(10)4-6-15-13/h1-4,6,11,15H,5,7-9H2,(H,16,17)/t11-/m0/s1. The number of hydrogen-bond donors (Lipinski definition) is 2. The van der Waals surface area contributed by atoms with Crippen molar-refractivity contribution in [3.8, 4) is 0 Å². The number of rotatable bonds is 3. The van der Waals surface area contributed by atoms with Gasteiger partial charge in [0, 0.05) is 23.6 Å². The lowest BCUT2D eigenvalue weighted by Gasteiger charge is -2.10. The van der Waals surface area contributed by atoms with Crippen LogP contribution in [0.2, 0.25) is 0 Å². The zero-order chi connectivity index (χ0) is 14.2. The maximum absolute atomic E-state index is 12.0. The minimum absolute atomic E-state index is 0.0206. The molecule has 2 heterocycles. The summed E-state index contributed by atoms with van der Waals surface area (Å²) in [5.74, 6) is -0.463. The smallest absolute Gasteiger partial charge is 0.224 e. The van der Waals surface area contributed by atoms with E-state index in [1.807, 2.05) is 30.5 Å². The molecule has 20 heavy (non-hydrogen) atoms. The van der Waals surface area contributed by atoms with Crippen molar-refractivity contribution in [2.24, 2.45) is 5.92 Å². The fraction of sp³-hybridized carbons (Fsp3) is 0.357. The first-order chi connectivity index (χ1) is 9.55. The van der Waals surface area contributed by atoms with Crippen molar-refractivity contribution < 1.29 is 13.2 Å². The van der Waals surface area contributed by atoms with E-state index in [-0.39, 0.29) is 17.4 Å². The second-order valence-corrected chi connectivity index (χ2v) is 7.40. The quantitative estimate of drug-likeness (QED) is 0.892. The Morgan fingerprint density at radius 2 is 2.20 bits per heavy atom. The molecule has 1 amide bonds. The first-order valence-electron chi connectivity index (χ1n) is 6.58. The second-order valence-electron chi connectivity index (χ2n) is 5.17. The highest BCUT2D eigenvalue weighted by atomic mass is 32.2. The molecular weight excluding hydrogens is 276 g/mol. The van der Waals surface area contributed by atoms with Crippen LogP contribution in [0.15, 0.2) is 30.5 Å². The van der Waals surface area contributed by atoms with Crippen LogP contribution in [0.3, 0.4) is 0 Å². The van der Waals surface area contributed by atoms with Crippen LogP contribution >= 0.6 is 0 Å².